The maximum absolute atomic E-state index is 6.36. The number of benzene rings is 8. The quantitative estimate of drug-likeness (QED) is 0.186. The molecule has 0 aliphatic rings. The first-order valence-corrected chi connectivity index (χ1v) is 17.4. The van der Waals surface area contributed by atoms with Crippen molar-refractivity contribution in [1.29, 1.82) is 0 Å². The van der Waals surface area contributed by atoms with Crippen LogP contribution in [0.25, 0.3) is 99.2 Å². The average Bonchev–Trinajstić information content (AvgIpc) is 3.84. The van der Waals surface area contributed by atoms with Crippen molar-refractivity contribution < 1.29 is 4.42 Å². The lowest BCUT2D eigenvalue weighted by Gasteiger charge is -2.10. The van der Waals surface area contributed by atoms with E-state index in [1.165, 1.54) is 60.3 Å². The Morgan fingerprint density at radius 3 is 1.53 bits per heavy atom. The number of rotatable bonds is 4. The molecule has 3 aromatic heterocycles. The standard InChI is InChI=1S/C48H30N2O/c1-3-11-31(12-4-1)32-19-23-36(24-20-32)49-43-17-9-7-15-37(43)39-27-33(21-25-44(39)49)34-22-26-45-40(28-34)41-29-42-38-16-8-10-18-47(38)51-48(42)30-46(41)50(45)35-13-5-2-6-14-35/h1-30H. The van der Waals surface area contributed by atoms with Crippen LogP contribution in [0.15, 0.2) is 186 Å². The van der Waals surface area contributed by atoms with E-state index < -0.39 is 0 Å². The highest BCUT2D eigenvalue weighted by Gasteiger charge is 2.18. The second kappa shape index (κ2) is 10.8. The summed E-state index contributed by atoms with van der Waals surface area (Å²) in [4.78, 5) is 0. The Bertz CT molecular complexity index is 3110. The molecule has 0 spiro atoms. The van der Waals surface area contributed by atoms with E-state index in [1.54, 1.807) is 0 Å². The second-order valence-corrected chi connectivity index (χ2v) is 13.4. The molecule has 0 N–H and O–H groups in total. The third kappa shape index (κ3) is 4.25. The van der Waals surface area contributed by atoms with Crippen LogP contribution in [0, 0.1) is 0 Å². The van der Waals surface area contributed by atoms with Crippen molar-refractivity contribution in [2.24, 2.45) is 0 Å². The second-order valence-electron chi connectivity index (χ2n) is 13.4. The first kappa shape index (κ1) is 28.0. The summed E-state index contributed by atoms with van der Waals surface area (Å²) in [6.07, 6.45) is 0. The number of nitrogens with zero attached hydrogens (tertiary/aromatic N) is 2. The molecule has 0 radical (unpaired) electrons. The van der Waals surface area contributed by atoms with Crippen LogP contribution < -0.4 is 0 Å². The summed E-state index contributed by atoms with van der Waals surface area (Å²) in [6.45, 7) is 0. The van der Waals surface area contributed by atoms with Gasteiger partial charge in [0.1, 0.15) is 11.2 Å². The first-order chi connectivity index (χ1) is 25.3. The molecule has 0 bridgehead atoms. The fraction of sp³-hybridized carbons (Fsp3) is 0. The highest BCUT2D eigenvalue weighted by Crippen LogP contribution is 2.41. The van der Waals surface area contributed by atoms with E-state index >= 15 is 0 Å². The molecule has 8 aromatic carbocycles. The number of fused-ring (bicyclic) bond motifs is 9. The SMILES string of the molecule is c1ccc(-c2ccc(-n3c4ccccc4c4cc(-c5ccc6c(c5)c5cc7c(cc5n6-c5ccccc5)oc5ccccc57)ccc43)cc2)cc1. The molecule has 11 rings (SSSR count). The lowest BCUT2D eigenvalue weighted by Crippen LogP contribution is -1.94. The first-order valence-electron chi connectivity index (χ1n) is 17.4. The molecule has 0 saturated heterocycles. The normalized spacial score (nSPS) is 11.9. The van der Waals surface area contributed by atoms with E-state index in [0.717, 1.165) is 38.8 Å². The van der Waals surface area contributed by atoms with Crippen LogP contribution >= 0.6 is 0 Å². The Kier molecular flexibility index (Phi) is 5.96. The van der Waals surface area contributed by atoms with Gasteiger partial charge in [-0.25, -0.2) is 0 Å². The Morgan fingerprint density at radius 2 is 0.784 bits per heavy atom. The molecule has 51 heavy (non-hydrogen) atoms. The van der Waals surface area contributed by atoms with Gasteiger partial charge in [0.2, 0.25) is 0 Å². The van der Waals surface area contributed by atoms with Crippen LogP contribution in [-0.4, -0.2) is 9.13 Å². The van der Waals surface area contributed by atoms with Gasteiger partial charge < -0.3 is 13.6 Å². The molecule has 3 nitrogen and oxygen atoms in total. The van der Waals surface area contributed by atoms with Gasteiger partial charge in [0.05, 0.1) is 22.1 Å². The lowest BCUT2D eigenvalue weighted by atomic mass is 10.00. The minimum atomic E-state index is 0.903. The fourth-order valence-corrected chi connectivity index (χ4v) is 8.14. The van der Waals surface area contributed by atoms with Crippen molar-refractivity contribution in [2.45, 2.75) is 0 Å². The van der Waals surface area contributed by atoms with E-state index in [4.69, 9.17) is 4.42 Å². The molecule has 0 unspecified atom stereocenters. The molecular formula is C48H30N2O. The van der Waals surface area contributed by atoms with Crippen molar-refractivity contribution in [3.63, 3.8) is 0 Å². The Hall–Kier alpha value is -6.84. The number of para-hydroxylation sites is 3. The molecule has 11 aromatic rings. The largest absolute Gasteiger partial charge is 0.456 e. The highest BCUT2D eigenvalue weighted by molar-refractivity contribution is 6.18. The van der Waals surface area contributed by atoms with E-state index in [0.29, 0.717) is 0 Å². The van der Waals surface area contributed by atoms with Crippen molar-refractivity contribution in [3.05, 3.63) is 182 Å². The zero-order valence-corrected chi connectivity index (χ0v) is 27.6. The Balaban J connectivity index is 1.10. The molecule has 0 fully saturated rings. The molecule has 0 amide bonds. The van der Waals surface area contributed by atoms with E-state index in [9.17, 15) is 0 Å². The molecule has 0 aliphatic heterocycles. The third-order valence-corrected chi connectivity index (χ3v) is 10.5. The van der Waals surface area contributed by atoms with Crippen LogP contribution in [0.4, 0.5) is 0 Å². The maximum atomic E-state index is 6.36. The zero-order chi connectivity index (χ0) is 33.5. The topological polar surface area (TPSA) is 23.0 Å². The minimum absolute atomic E-state index is 0.903. The molecule has 0 aliphatic carbocycles. The van der Waals surface area contributed by atoms with Crippen molar-refractivity contribution in [2.75, 3.05) is 0 Å². The molecule has 0 atom stereocenters. The predicted octanol–water partition coefficient (Wildman–Crippen LogP) is 13.1. The lowest BCUT2D eigenvalue weighted by molar-refractivity contribution is 0.669. The van der Waals surface area contributed by atoms with Gasteiger partial charge >= 0.3 is 0 Å². The molecule has 3 heterocycles. The minimum Gasteiger partial charge on any atom is -0.456 e. The third-order valence-electron chi connectivity index (χ3n) is 10.5. The van der Waals surface area contributed by atoms with Gasteiger partial charge in [0.15, 0.2) is 0 Å². The van der Waals surface area contributed by atoms with Crippen molar-refractivity contribution >= 4 is 65.6 Å². The monoisotopic (exact) mass is 650 g/mol. The van der Waals surface area contributed by atoms with Crippen LogP contribution in [0.3, 0.4) is 0 Å². The predicted molar refractivity (Wildman–Crippen MR) is 213 cm³/mol. The average molecular weight is 651 g/mol. The summed E-state index contributed by atoms with van der Waals surface area (Å²) in [6, 6.07) is 65.5. The highest BCUT2D eigenvalue weighted by atomic mass is 16.3. The molecule has 238 valence electrons. The van der Waals surface area contributed by atoms with Crippen LogP contribution in [0.1, 0.15) is 0 Å². The number of hydrogen-bond donors (Lipinski definition) is 0. The van der Waals surface area contributed by atoms with Gasteiger partial charge in [-0.05, 0) is 89.0 Å². The summed E-state index contributed by atoms with van der Waals surface area (Å²) in [7, 11) is 0. The van der Waals surface area contributed by atoms with Gasteiger partial charge in [0, 0.05) is 49.8 Å². The Morgan fingerprint density at radius 1 is 0.275 bits per heavy atom. The Labute approximate surface area is 293 Å². The van der Waals surface area contributed by atoms with Gasteiger partial charge in [-0.2, -0.15) is 0 Å². The smallest absolute Gasteiger partial charge is 0.137 e. The summed E-state index contributed by atoms with van der Waals surface area (Å²) >= 11 is 0. The molecule has 0 saturated carbocycles. The van der Waals surface area contributed by atoms with Crippen LogP contribution in [-0.2, 0) is 0 Å². The van der Waals surface area contributed by atoms with Crippen LogP contribution in [0.5, 0.6) is 0 Å². The maximum Gasteiger partial charge on any atom is 0.137 e. The van der Waals surface area contributed by atoms with E-state index in [1.807, 2.05) is 12.1 Å². The summed E-state index contributed by atoms with van der Waals surface area (Å²) in [5.41, 5.74) is 13.6. The summed E-state index contributed by atoms with van der Waals surface area (Å²) in [5, 5.41) is 7.21. The van der Waals surface area contributed by atoms with Gasteiger partial charge in [-0.3, -0.25) is 0 Å². The summed E-state index contributed by atoms with van der Waals surface area (Å²) in [5.74, 6) is 0. The number of furan rings is 1. The van der Waals surface area contributed by atoms with Gasteiger partial charge in [-0.15, -0.1) is 0 Å². The van der Waals surface area contributed by atoms with E-state index in [2.05, 4.69) is 179 Å². The van der Waals surface area contributed by atoms with Crippen molar-refractivity contribution in [3.8, 4) is 33.6 Å². The van der Waals surface area contributed by atoms with Crippen LogP contribution in [0.2, 0.25) is 0 Å². The van der Waals surface area contributed by atoms with Crippen molar-refractivity contribution in [1.82, 2.24) is 9.13 Å². The number of aromatic nitrogens is 2. The van der Waals surface area contributed by atoms with E-state index in [-0.39, 0.29) is 0 Å². The van der Waals surface area contributed by atoms with Gasteiger partial charge in [0.25, 0.3) is 0 Å². The molecule has 3 heteroatoms. The fourth-order valence-electron chi connectivity index (χ4n) is 8.14. The van der Waals surface area contributed by atoms with Gasteiger partial charge in [-0.1, -0.05) is 109 Å². The number of hydrogen-bond acceptors (Lipinski definition) is 1. The summed E-state index contributed by atoms with van der Waals surface area (Å²) < 4.78 is 11.1. The molecular weight excluding hydrogens is 621 g/mol. The zero-order valence-electron chi connectivity index (χ0n) is 27.6.